The minimum Gasteiger partial charge on any atom is -0.329 e. The van der Waals surface area contributed by atoms with Crippen LogP contribution in [-0.4, -0.2) is 18.0 Å². The maximum absolute atomic E-state index is 5.79. The van der Waals surface area contributed by atoms with Crippen LogP contribution in [0.2, 0.25) is 0 Å². The van der Waals surface area contributed by atoms with Gasteiger partial charge < -0.3 is 5.73 Å². The van der Waals surface area contributed by atoms with Gasteiger partial charge in [-0.2, -0.15) is 0 Å². The van der Waals surface area contributed by atoms with Gasteiger partial charge in [0.25, 0.3) is 0 Å². The van der Waals surface area contributed by atoms with Gasteiger partial charge in [-0.05, 0) is 35.1 Å². The molecule has 0 aromatic heterocycles. The minimum atomic E-state index is 0.713. The molecule has 0 saturated heterocycles. The summed E-state index contributed by atoms with van der Waals surface area (Å²) in [6, 6.07) is 17.6. The summed E-state index contributed by atoms with van der Waals surface area (Å²) < 4.78 is 0. The highest BCUT2D eigenvalue weighted by Gasteiger charge is 2.14. The summed E-state index contributed by atoms with van der Waals surface area (Å²) in [5.74, 6) is 0. The predicted octanol–water partition coefficient (Wildman–Crippen LogP) is 2.75. The molecule has 20 heavy (non-hydrogen) atoms. The number of fused-ring (bicyclic) bond motifs is 2. The monoisotopic (exact) mass is 266 g/mol. The van der Waals surface area contributed by atoms with E-state index in [4.69, 9.17) is 5.73 Å². The average molecular weight is 266 g/mol. The van der Waals surface area contributed by atoms with Crippen molar-refractivity contribution in [2.24, 2.45) is 5.73 Å². The highest BCUT2D eigenvalue weighted by Crippen LogP contribution is 2.21. The Labute approximate surface area is 121 Å². The fraction of sp³-hybridized carbons (Fsp3) is 0.333. The van der Waals surface area contributed by atoms with Gasteiger partial charge in [-0.15, -0.1) is 0 Å². The van der Waals surface area contributed by atoms with E-state index in [0.717, 1.165) is 32.5 Å². The first-order valence-electron chi connectivity index (χ1n) is 7.43. The third-order valence-electron chi connectivity index (χ3n) is 4.13. The number of nitrogens with two attached hydrogens (primary N) is 1. The first-order valence-corrected chi connectivity index (χ1v) is 7.43. The maximum atomic E-state index is 5.79. The van der Waals surface area contributed by atoms with Crippen LogP contribution < -0.4 is 5.73 Å². The molecular formula is C18H22N2. The molecule has 1 heterocycles. The van der Waals surface area contributed by atoms with E-state index in [9.17, 15) is 0 Å². The zero-order valence-corrected chi connectivity index (χ0v) is 11.9. The van der Waals surface area contributed by atoms with Crippen molar-refractivity contribution in [1.29, 1.82) is 0 Å². The third kappa shape index (κ3) is 2.92. The lowest BCUT2D eigenvalue weighted by Gasteiger charge is -2.22. The van der Waals surface area contributed by atoms with Crippen molar-refractivity contribution in [3.63, 3.8) is 0 Å². The Morgan fingerprint density at radius 1 is 0.750 bits per heavy atom. The topological polar surface area (TPSA) is 29.3 Å². The van der Waals surface area contributed by atoms with Crippen molar-refractivity contribution in [3.05, 3.63) is 70.8 Å². The first-order chi connectivity index (χ1) is 9.86. The Kier molecular flexibility index (Phi) is 4.14. The Morgan fingerprint density at radius 2 is 1.20 bits per heavy atom. The molecule has 2 aromatic carbocycles. The SMILES string of the molecule is NCCN1Cc2ccccc2CCc2ccccc2C1. The lowest BCUT2D eigenvalue weighted by atomic mass is 9.98. The molecule has 1 aliphatic rings. The normalized spacial score (nSPS) is 15.7. The number of benzene rings is 2. The molecule has 0 amide bonds. The van der Waals surface area contributed by atoms with E-state index < -0.39 is 0 Å². The van der Waals surface area contributed by atoms with Gasteiger partial charge in [0.05, 0.1) is 0 Å². The molecule has 104 valence electrons. The largest absolute Gasteiger partial charge is 0.329 e. The Bertz CT molecular complexity index is 528. The van der Waals surface area contributed by atoms with Crippen LogP contribution in [0.25, 0.3) is 0 Å². The molecule has 0 spiro atoms. The van der Waals surface area contributed by atoms with Crippen LogP contribution in [-0.2, 0) is 25.9 Å². The zero-order chi connectivity index (χ0) is 13.8. The lowest BCUT2D eigenvalue weighted by Crippen LogP contribution is -2.29. The fourth-order valence-corrected chi connectivity index (χ4v) is 3.06. The van der Waals surface area contributed by atoms with E-state index in [1.165, 1.54) is 22.3 Å². The summed E-state index contributed by atoms with van der Waals surface area (Å²) in [5.41, 5.74) is 11.6. The summed E-state index contributed by atoms with van der Waals surface area (Å²) in [4.78, 5) is 2.46. The predicted molar refractivity (Wildman–Crippen MR) is 83.5 cm³/mol. The third-order valence-corrected chi connectivity index (χ3v) is 4.13. The quantitative estimate of drug-likeness (QED) is 0.905. The molecule has 2 N–H and O–H groups in total. The number of aryl methyl sites for hydroxylation is 2. The average Bonchev–Trinajstić information content (AvgIpc) is 2.54. The van der Waals surface area contributed by atoms with Crippen LogP contribution in [0.4, 0.5) is 0 Å². The van der Waals surface area contributed by atoms with E-state index in [0.29, 0.717) is 6.54 Å². The van der Waals surface area contributed by atoms with Crippen LogP contribution in [0, 0.1) is 0 Å². The van der Waals surface area contributed by atoms with E-state index in [1.54, 1.807) is 0 Å². The van der Waals surface area contributed by atoms with Crippen molar-refractivity contribution in [3.8, 4) is 0 Å². The van der Waals surface area contributed by atoms with Crippen molar-refractivity contribution >= 4 is 0 Å². The van der Waals surface area contributed by atoms with Gasteiger partial charge in [0.2, 0.25) is 0 Å². The molecule has 1 aliphatic heterocycles. The van der Waals surface area contributed by atoms with Gasteiger partial charge in [-0.25, -0.2) is 0 Å². The second-order valence-corrected chi connectivity index (χ2v) is 5.54. The van der Waals surface area contributed by atoms with E-state index in [1.807, 2.05) is 0 Å². The summed E-state index contributed by atoms with van der Waals surface area (Å²) in [7, 11) is 0. The van der Waals surface area contributed by atoms with E-state index in [-0.39, 0.29) is 0 Å². The highest BCUT2D eigenvalue weighted by atomic mass is 15.1. The summed E-state index contributed by atoms with van der Waals surface area (Å²) in [6.45, 7) is 3.66. The first kappa shape index (κ1) is 13.3. The second-order valence-electron chi connectivity index (χ2n) is 5.54. The van der Waals surface area contributed by atoms with Gasteiger partial charge >= 0.3 is 0 Å². The van der Waals surface area contributed by atoms with E-state index in [2.05, 4.69) is 53.4 Å². The number of hydrogen-bond donors (Lipinski definition) is 1. The Balaban J connectivity index is 1.97. The molecule has 0 atom stereocenters. The second kappa shape index (κ2) is 6.21. The van der Waals surface area contributed by atoms with Crippen molar-refractivity contribution in [2.75, 3.05) is 13.1 Å². The number of rotatable bonds is 2. The van der Waals surface area contributed by atoms with Crippen LogP contribution in [0.15, 0.2) is 48.5 Å². The summed E-state index contributed by atoms with van der Waals surface area (Å²) in [5, 5.41) is 0. The summed E-state index contributed by atoms with van der Waals surface area (Å²) in [6.07, 6.45) is 2.26. The summed E-state index contributed by atoms with van der Waals surface area (Å²) >= 11 is 0. The van der Waals surface area contributed by atoms with Gasteiger partial charge in [-0.3, -0.25) is 4.90 Å². The lowest BCUT2D eigenvalue weighted by molar-refractivity contribution is 0.264. The molecule has 3 rings (SSSR count). The minimum absolute atomic E-state index is 0.713. The maximum Gasteiger partial charge on any atom is 0.0240 e. The molecule has 0 saturated carbocycles. The van der Waals surface area contributed by atoms with Gasteiger partial charge in [0.15, 0.2) is 0 Å². The smallest absolute Gasteiger partial charge is 0.0240 e. The standard InChI is InChI=1S/C18H22N2/c19-11-12-20-13-17-7-3-1-5-15(17)9-10-16-6-2-4-8-18(16)14-20/h1-8H,9-14,19H2. The molecular weight excluding hydrogens is 244 g/mol. The van der Waals surface area contributed by atoms with Crippen LogP contribution in [0.1, 0.15) is 22.3 Å². The van der Waals surface area contributed by atoms with Crippen LogP contribution in [0.5, 0.6) is 0 Å². The van der Waals surface area contributed by atoms with E-state index >= 15 is 0 Å². The molecule has 0 bridgehead atoms. The van der Waals surface area contributed by atoms with Crippen molar-refractivity contribution in [2.45, 2.75) is 25.9 Å². The molecule has 2 aromatic rings. The Hall–Kier alpha value is -1.64. The molecule has 0 unspecified atom stereocenters. The number of hydrogen-bond acceptors (Lipinski definition) is 2. The van der Waals surface area contributed by atoms with Gasteiger partial charge in [0, 0.05) is 26.2 Å². The number of nitrogens with zero attached hydrogens (tertiary/aromatic N) is 1. The molecule has 0 fully saturated rings. The van der Waals surface area contributed by atoms with Crippen LogP contribution >= 0.6 is 0 Å². The van der Waals surface area contributed by atoms with Crippen molar-refractivity contribution in [1.82, 2.24) is 4.90 Å². The molecule has 2 heteroatoms. The van der Waals surface area contributed by atoms with Gasteiger partial charge in [-0.1, -0.05) is 48.5 Å². The zero-order valence-electron chi connectivity index (χ0n) is 11.9. The van der Waals surface area contributed by atoms with Crippen LogP contribution in [0.3, 0.4) is 0 Å². The molecule has 0 radical (unpaired) electrons. The van der Waals surface area contributed by atoms with Crippen molar-refractivity contribution < 1.29 is 0 Å². The Morgan fingerprint density at radius 3 is 1.65 bits per heavy atom. The molecule has 0 aliphatic carbocycles. The van der Waals surface area contributed by atoms with Gasteiger partial charge in [0.1, 0.15) is 0 Å². The molecule has 2 nitrogen and oxygen atoms in total. The highest BCUT2D eigenvalue weighted by molar-refractivity contribution is 5.33. The fourth-order valence-electron chi connectivity index (χ4n) is 3.06.